The number of hydrogen-bond acceptors (Lipinski definition) is 3. The summed E-state index contributed by atoms with van der Waals surface area (Å²) >= 11 is 0. The standard InChI is InChI=1S/C16H18FNO3S/c1-11-7-13(17)9-14(8-11)22(20,21)18-10-16(19)15-6-4-3-5-12(15)2/h3-9,16,18-19H,10H2,1-2H3. The number of nitrogens with one attached hydrogen (secondary N) is 1. The minimum atomic E-state index is -3.87. The van der Waals surface area contributed by atoms with Crippen molar-refractivity contribution in [1.82, 2.24) is 4.72 Å². The summed E-state index contributed by atoms with van der Waals surface area (Å²) in [5.74, 6) is -0.611. The summed E-state index contributed by atoms with van der Waals surface area (Å²) in [5.41, 5.74) is 2.04. The molecule has 0 fully saturated rings. The Labute approximate surface area is 129 Å². The molecule has 6 heteroatoms. The van der Waals surface area contributed by atoms with Gasteiger partial charge in [0.05, 0.1) is 11.0 Å². The summed E-state index contributed by atoms with van der Waals surface area (Å²) in [5, 5.41) is 10.1. The normalized spacial score (nSPS) is 13.1. The quantitative estimate of drug-likeness (QED) is 0.888. The van der Waals surface area contributed by atoms with E-state index in [1.807, 2.05) is 19.1 Å². The topological polar surface area (TPSA) is 66.4 Å². The molecule has 0 saturated heterocycles. The Bertz CT molecular complexity index is 754. The lowest BCUT2D eigenvalue weighted by molar-refractivity contribution is 0.181. The van der Waals surface area contributed by atoms with Crippen molar-refractivity contribution in [3.05, 3.63) is 65.0 Å². The molecular formula is C16H18FNO3S. The number of aliphatic hydroxyl groups excluding tert-OH is 1. The smallest absolute Gasteiger partial charge is 0.240 e. The van der Waals surface area contributed by atoms with Gasteiger partial charge >= 0.3 is 0 Å². The van der Waals surface area contributed by atoms with Gasteiger partial charge in [-0.3, -0.25) is 0 Å². The number of benzene rings is 2. The number of sulfonamides is 1. The fourth-order valence-electron chi connectivity index (χ4n) is 2.20. The third-order valence-corrected chi connectivity index (χ3v) is 4.74. The zero-order valence-corrected chi connectivity index (χ0v) is 13.2. The molecule has 0 radical (unpaired) electrons. The van der Waals surface area contributed by atoms with E-state index >= 15 is 0 Å². The third kappa shape index (κ3) is 3.91. The largest absolute Gasteiger partial charge is 0.387 e. The molecule has 0 aliphatic heterocycles. The van der Waals surface area contributed by atoms with Gasteiger partial charge in [0, 0.05) is 6.54 Å². The molecule has 118 valence electrons. The maximum Gasteiger partial charge on any atom is 0.240 e. The first kappa shape index (κ1) is 16.6. The van der Waals surface area contributed by atoms with Gasteiger partial charge in [0.1, 0.15) is 5.82 Å². The Morgan fingerprint density at radius 1 is 1.18 bits per heavy atom. The first-order valence-corrected chi connectivity index (χ1v) is 8.28. The first-order valence-electron chi connectivity index (χ1n) is 6.80. The van der Waals surface area contributed by atoms with Crippen molar-refractivity contribution in [2.75, 3.05) is 6.54 Å². The van der Waals surface area contributed by atoms with Crippen LogP contribution in [0.2, 0.25) is 0 Å². The second-order valence-corrected chi connectivity index (χ2v) is 6.96. The van der Waals surface area contributed by atoms with Crippen LogP contribution in [0.1, 0.15) is 22.8 Å². The lowest BCUT2D eigenvalue weighted by Gasteiger charge is -2.15. The number of hydrogen-bond donors (Lipinski definition) is 2. The van der Waals surface area contributed by atoms with Crippen LogP contribution >= 0.6 is 0 Å². The van der Waals surface area contributed by atoms with Gasteiger partial charge < -0.3 is 5.11 Å². The summed E-state index contributed by atoms with van der Waals surface area (Å²) in [6.07, 6.45) is -0.967. The Balaban J connectivity index is 2.14. The summed E-state index contributed by atoms with van der Waals surface area (Å²) in [6.45, 7) is 3.27. The monoisotopic (exact) mass is 323 g/mol. The SMILES string of the molecule is Cc1cc(F)cc(S(=O)(=O)NCC(O)c2ccccc2C)c1. The molecule has 0 saturated carbocycles. The highest BCUT2D eigenvalue weighted by Gasteiger charge is 2.18. The average Bonchev–Trinajstić information content (AvgIpc) is 2.44. The molecule has 2 N–H and O–H groups in total. The van der Waals surface area contributed by atoms with Gasteiger partial charge in [0.25, 0.3) is 0 Å². The summed E-state index contributed by atoms with van der Waals surface area (Å²) < 4.78 is 40.0. The fraction of sp³-hybridized carbons (Fsp3) is 0.250. The maximum atomic E-state index is 13.3. The van der Waals surface area contributed by atoms with Crippen molar-refractivity contribution in [3.8, 4) is 0 Å². The number of aliphatic hydroxyl groups is 1. The molecule has 0 aliphatic carbocycles. The van der Waals surface area contributed by atoms with Gasteiger partial charge in [-0.2, -0.15) is 0 Å². The van der Waals surface area contributed by atoms with Gasteiger partial charge in [0.2, 0.25) is 10.0 Å². The fourth-order valence-corrected chi connectivity index (χ4v) is 3.35. The molecule has 0 aliphatic rings. The molecule has 2 rings (SSSR count). The molecule has 0 amide bonds. The van der Waals surface area contributed by atoms with Crippen LogP contribution in [0.15, 0.2) is 47.4 Å². The lowest BCUT2D eigenvalue weighted by Crippen LogP contribution is -2.29. The van der Waals surface area contributed by atoms with Gasteiger partial charge in [-0.15, -0.1) is 0 Å². The van der Waals surface area contributed by atoms with Crippen LogP contribution in [0.25, 0.3) is 0 Å². The Kier molecular flexibility index (Phi) is 4.95. The zero-order chi connectivity index (χ0) is 16.3. The highest BCUT2D eigenvalue weighted by atomic mass is 32.2. The molecule has 2 aromatic carbocycles. The highest BCUT2D eigenvalue weighted by Crippen LogP contribution is 2.18. The second-order valence-electron chi connectivity index (χ2n) is 5.19. The van der Waals surface area contributed by atoms with Crippen LogP contribution in [-0.2, 0) is 10.0 Å². The predicted molar refractivity (Wildman–Crippen MR) is 82.5 cm³/mol. The van der Waals surface area contributed by atoms with E-state index in [1.54, 1.807) is 19.1 Å². The maximum absolute atomic E-state index is 13.3. The summed E-state index contributed by atoms with van der Waals surface area (Å²) in [7, 11) is -3.87. The van der Waals surface area contributed by atoms with Crippen molar-refractivity contribution >= 4 is 10.0 Å². The van der Waals surface area contributed by atoms with E-state index in [-0.39, 0.29) is 11.4 Å². The predicted octanol–water partition coefficient (Wildman–Crippen LogP) is 2.45. The van der Waals surface area contributed by atoms with Crippen molar-refractivity contribution in [1.29, 1.82) is 0 Å². The van der Waals surface area contributed by atoms with Crippen LogP contribution in [0.5, 0.6) is 0 Å². The Hall–Kier alpha value is -1.76. The molecule has 2 aromatic rings. The van der Waals surface area contributed by atoms with E-state index < -0.39 is 21.9 Å². The number of halogens is 1. The van der Waals surface area contributed by atoms with E-state index in [0.29, 0.717) is 11.1 Å². The average molecular weight is 323 g/mol. The van der Waals surface area contributed by atoms with Crippen molar-refractivity contribution in [2.24, 2.45) is 0 Å². The number of aryl methyl sites for hydroxylation is 2. The van der Waals surface area contributed by atoms with Gasteiger partial charge in [-0.25, -0.2) is 17.5 Å². The molecule has 22 heavy (non-hydrogen) atoms. The van der Waals surface area contributed by atoms with Crippen LogP contribution in [0.3, 0.4) is 0 Å². The highest BCUT2D eigenvalue weighted by molar-refractivity contribution is 7.89. The molecule has 0 heterocycles. The van der Waals surface area contributed by atoms with Gasteiger partial charge in [-0.1, -0.05) is 24.3 Å². The Morgan fingerprint density at radius 3 is 2.50 bits per heavy atom. The zero-order valence-electron chi connectivity index (χ0n) is 12.4. The first-order chi connectivity index (χ1) is 10.3. The van der Waals surface area contributed by atoms with Gasteiger partial charge in [0.15, 0.2) is 0 Å². The van der Waals surface area contributed by atoms with Crippen molar-refractivity contribution in [3.63, 3.8) is 0 Å². The van der Waals surface area contributed by atoms with Crippen LogP contribution < -0.4 is 4.72 Å². The third-order valence-electron chi connectivity index (χ3n) is 3.34. The summed E-state index contributed by atoms with van der Waals surface area (Å²) in [6, 6.07) is 10.8. The van der Waals surface area contributed by atoms with E-state index in [4.69, 9.17) is 0 Å². The van der Waals surface area contributed by atoms with E-state index in [0.717, 1.165) is 11.6 Å². The molecule has 1 atom stereocenters. The number of rotatable bonds is 5. The van der Waals surface area contributed by atoms with Gasteiger partial charge in [-0.05, 0) is 48.7 Å². The van der Waals surface area contributed by atoms with E-state index in [9.17, 15) is 17.9 Å². The molecule has 4 nitrogen and oxygen atoms in total. The van der Waals surface area contributed by atoms with E-state index in [2.05, 4.69) is 4.72 Å². The van der Waals surface area contributed by atoms with Crippen LogP contribution in [0, 0.1) is 19.7 Å². The van der Waals surface area contributed by atoms with Crippen molar-refractivity contribution < 1.29 is 17.9 Å². The van der Waals surface area contributed by atoms with Crippen LogP contribution in [0.4, 0.5) is 4.39 Å². The molecule has 1 unspecified atom stereocenters. The minimum Gasteiger partial charge on any atom is -0.387 e. The second kappa shape index (κ2) is 6.56. The summed E-state index contributed by atoms with van der Waals surface area (Å²) in [4.78, 5) is -0.151. The molecule has 0 aromatic heterocycles. The van der Waals surface area contributed by atoms with Crippen molar-refractivity contribution in [2.45, 2.75) is 24.8 Å². The molecular weight excluding hydrogens is 305 g/mol. The van der Waals surface area contributed by atoms with Crippen LogP contribution in [-0.4, -0.2) is 20.1 Å². The minimum absolute atomic E-state index is 0.151. The lowest BCUT2D eigenvalue weighted by atomic mass is 10.0. The molecule has 0 bridgehead atoms. The molecule has 0 spiro atoms. The Morgan fingerprint density at radius 2 is 1.86 bits per heavy atom. The van der Waals surface area contributed by atoms with E-state index in [1.165, 1.54) is 12.1 Å².